The largest absolute Gasteiger partial charge is 0.493 e. The Morgan fingerprint density at radius 2 is 2.03 bits per heavy atom. The highest BCUT2D eigenvalue weighted by atomic mass is 32.2. The van der Waals surface area contributed by atoms with E-state index in [1.54, 1.807) is 19.2 Å². The molecule has 7 nitrogen and oxygen atoms in total. The van der Waals surface area contributed by atoms with Crippen molar-refractivity contribution in [2.75, 3.05) is 18.2 Å². The van der Waals surface area contributed by atoms with E-state index in [2.05, 4.69) is 21.2 Å². The molecule has 0 saturated heterocycles. The summed E-state index contributed by atoms with van der Waals surface area (Å²) in [7, 11) is 1.56. The molecule has 168 valence electrons. The van der Waals surface area contributed by atoms with Crippen molar-refractivity contribution < 1.29 is 14.3 Å². The van der Waals surface area contributed by atoms with Crippen LogP contribution >= 0.6 is 11.8 Å². The third-order valence-electron chi connectivity index (χ3n) is 5.46. The smallest absolute Gasteiger partial charge is 0.257 e. The highest BCUT2D eigenvalue weighted by Crippen LogP contribution is 2.38. The molecule has 1 aliphatic heterocycles. The quantitative estimate of drug-likeness (QED) is 0.315. The summed E-state index contributed by atoms with van der Waals surface area (Å²) in [5, 5.41) is 3.08. The molecule has 2 N–H and O–H groups in total. The molecule has 0 aliphatic carbocycles. The molecule has 0 spiro atoms. The van der Waals surface area contributed by atoms with Gasteiger partial charge in [0.2, 0.25) is 5.91 Å². The Labute approximate surface area is 195 Å². The van der Waals surface area contributed by atoms with Crippen molar-refractivity contribution in [1.29, 1.82) is 0 Å². The van der Waals surface area contributed by atoms with Crippen molar-refractivity contribution >= 4 is 23.5 Å². The maximum absolute atomic E-state index is 12.9. The summed E-state index contributed by atoms with van der Waals surface area (Å²) in [4.78, 5) is 32.4. The number of carbonyl (C=O) groups excluding carboxylic acids is 1. The Bertz CT molecular complexity index is 1300. The Balaban J connectivity index is 1.64. The lowest BCUT2D eigenvalue weighted by Crippen LogP contribution is -2.31. The molecule has 0 saturated carbocycles. The number of fused-ring (bicyclic) bond motifs is 1. The van der Waals surface area contributed by atoms with Crippen LogP contribution in [0.4, 0.5) is 5.82 Å². The number of anilines is 1. The first-order chi connectivity index (χ1) is 16.0. The van der Waals surface area contributed by atoms with Crippen LogP contribution in [-0.2, 0) is 11.4 Å². The second kappa shape index (κ2) is 9.84. The van der Waals surface area contributed by atoms with E-state index in [0.29, 0.717) is 34.6 Å². The molecule has 0 bridgehead atoms. The van der Waals surface area contributed by atoms with Crippen molar-refractivity contribution in [2.24, 2.45) is 0 Å². The van der Waals surface area contributed by atoms with Gasteiger partial charge in [0.1, 0.15) is 12.4 Å². The summed E-state index contributed by atoms with van der Waals surface area (Å²) in [5.41, 5.74) is 3.10. The van der Waals surface area contributed by atoms with Crippen molar-refractivity contribution in [3.8, 4) is 23.8 Å². The number of aromatic nitrogens is 2. The molecule has 1 atom stereocenters. The number of thioether (sulfide) groups is 1. The number of benzene rings is 2. The molecule has 1 aliphatic rings. The minimum atomic E-state index is -0.462. The zero-order valence-electron chi connectivity index (χ0n) is 18.3. The van der Waals surface area contributed by atoms with Crippen LogP contribution in [0.15, 0.2) is 52.4 Å². The van der Waals surface area contributed by atoms with Gasteiger partial charge in [-0.25, -0.2) is 4.98 Å². The van der Waals surface area contributed by atoms with E-state index in [4.69, 9.17) is 15.9 Å². The van der Waals surface area contributed by atoms with Gasteiger partial charge in [0, 0.05) is 12.3 Å². The number of nitrogens with one attached hydrogen (secondary N) is 2. The van der Waals surface area contributed by atoms with E-state index in [9.17, 15) is 9.59 Å². The number of nitrogens with zero attached hydrogens (tertiary/aromatic N) is 1. The summed E-state index contributed by atoms with van der Waals surface area (Å²) in [6.07, 6.45) is 5.42. The summed E-state index contributed by atoms with van der Waals surface area (Å²) in [5.74, 6) is 3.55. The molecule has 2 aromatic carbocycles. The molecule has 0 radical (unpaired) electrons. The van der Waals surface area contributed by atoms with Gasteiger partial charge in [-0.3, -0.25) is 9.59 Å². The number of aryl methyl sites for hydroxylation is 1. The molecule has 0 fully saturated rings. The number of hydrogen-bond acceptors (Lipinski definition) is 6. The molecule has 8 heteroatoms. The zero-order valence-corrected chi connectivity index (χ0v) is 19.1. The number of aromatic amines is 1. The van der Waals surface area contributed by atoms with Crippen LogP contribution in [-0.4, -0.2) is 28.7 Å². The van der Waals surface area contributed by atoms with Crippen LogP contribution in [0, 0.1) is 19.3 Å². The van der Waals surface area contributed by atoms with Crippen LogP contribution in [0.5, 0.6) is 11.5 Å². The SMILES string of the molecule is C#CCSc1nc2c(c(=O)[nH]1)[C@@H](c1ccc(OCc3ccccc3C)c(OC)c1)CC(=O)N2. The van der Waals surface area contributed by atoms with Gasteiger partial charge in [-0.1, -0.05) is 48.0 Å². The number of terminal acetylenes is 1. The van der Waals surface area contributed by atoms with E-state index in [1.807, 2.05) is 37.3 Å². The Kier molecular flexibility index (Phi) is 6.71. The lowest BCUT2D eigenvalue weighted by Gasteiger charge is -2.25. The van der Waals surface area contributed by atoms with Crippen LogP contribution < -0.4 is 20.3 Å². The van der Waals surface area contributed by atoms with Crippen LogP contribution in [0.3, 0.4) is 0 Å². The Morgan fingerprint density at radius 3 is 2.79 bits per heavy atom. The molecule has 1 aromatic heterocycles. The molecule has 3 aromatic rings. The van der Waals surface area contributed by atoms with Gasteiger partial charge in [0.05, 0.1) is 18.4 Å². The van der Waals surface area contributed by atoms with Crippen LogP contribution in [0.25, 0.3) is 0 Å². The molecule has 1 amide bonds. The number of hydrogen-bond donors (Lipinski definition) is 2. The zero-order chi connectivity index (χ0) is 23.4. The van der Waals surface area contributed by atoms with Gasteiger partial charge in [-0.05, 0) is 35.7 Å². The maximum atomic E-state index is 12.9. The third kappa shape index (κ3) is 4.89. The fourth-order valence-corrected chi connectivity index (χ4v) is 4.30. The lowest BCUT2D eigenvalue weighted by molar-refractivity contribution is -0.116. The standard InChI is InChI=1S/C25H23N3O4S/c1-4-11-33-25-27-23-22(24(30)28-25)18(13-21(29)26-23)16-9-10-19(20(12-16)31-3)32-14-17-8-6-5-7-15(17)2/h1,5-10,12,18H,11,13-14H2,2-3H3,(H2,26,27,28,29,30)/t18-/m1/s1. The molecular weight excluding hydrogens is 438 g/mol. The number of amides is 1. The first-order valence-electron chi connectivity index (χ1n) is 10.4. The van der Waals surface area contributed by atoms with E-state index < -0.39 is 5.92 Å². The minimum absolute atomic E-state index is 0.126. The molecule has 4 rings (SSSR count). The van der Waals surface area contributed by atoms with Gasteiger partial charge in [-0.15, -0.1) is 6.42 Å². The topological polar surface area (TPSA) is 93.3 Å². The van der Waals surface area contributed by atoms with Crippen molar-refractivity contribution in [1.82, 2.24) is 9.97 Å². The highest BCUT2D eigenvalue weighted by Gasteiger charge is 2.31. The van der Waals surface area contributed by atoms with Crippen LogP contribution in [0.1, 0.15) is 34.6 Å². The molecule has 0 unspecified atom stereocenters. The molecule has 33 heavy (non-hydrogen) atoms. The highest BCUT2D eigenvalue weighted by molar-refractivity contribution is 7.99. The van der Waals surface area contributed by atoms with Gasteiger partial charge < -0.3 is 19.8 Å². The fourth-order valence-electron chi connectivity index (χ4n) is 3.76. The minimum Gasteiger partial charge on any atom is -0.493 e. The Hall–Kier alpha value is -3.70. The molecule has 2 heterocycles. The van der Waals surface area contributed by atoms with E-state index in [1.165, 1.54) is 11.8 Å². The maximum Gasteiger partial charge on any atom is 0.257 e. The van der Waals surface area contributed by atoms with Crippen molar-refractivity contribution in [2.45, 2.75) is 31.0 Å². The van der Waals surface area contributed by atoms with Gasteiger partial charge in [0.25, 0.3) is 5.56 Å². The fraction of sp³-hybridized carbons (Fsp3) is 0.240. The van der Waals surface area contributed by atoms with Crippen LogP contribution in [0.2, 0.25) is 0 Å². The van der Waals surface area contributed by atoms with Gasteiger partial charge in [0.15, 0.2) is 16.7 Å². The lowest BCUT2D eigenvalue weighted by atomic mass is 9.86. The number of ether oxygens (including phenoxy) is 2. The first kappa shape index (κ1) is 22.5. The van der Waals surface area contributed by atoms with Crippen molar-refractivity contribution in [3.63, 3.8) is 0 Å². The van der Waals surface area contributed by atoms with Crippen molar-refractivity contribution in [3.05, 3.63) is 75.1 Å². The second-order valence-corrected chi connectivity index (χ2v) is 8.52. The average Bonchev–Trinajstić information content (AvgIpc) is 2.81. The van der Waals surface area contributed by atoms with E-state index in [0.717, 1.165) is 16.7 Å². The summed E-state index contributed by atoms with van der Waals surface area (Å²) in [6.45, 7) is 2.44. The monoisotopic (exact) mass is 461 g/mol. The average molecular weight is 462 g/mol. The number of carbonyl (C=O) groups is 1. The summed E-state index contributed by atoms with van der Waals surface area (Å²) in [6, 6.07) is 13.5. The van der Waals surface area contributed by atoms with E-state index >= 15 is 0 Å². The second-order valence-electron chi connectivity index (χ2n) is 7.56. The van der Waals surface area contributed by atoms with Gasteiger partial charge >= 0.3 is 0 Å². The number of H-pyrrole nitrogens is 1. The van der Waals surface area contributed by atoms with E-state index in [-0.39, 0.29) is 23.7 Å². The first-order valence-corrected chi connectivity index (χ1v) is 11.3. The predicted molar refractivity (Wildman–Crippen MR) is 128 cm³/mol. The number of rotatable bonds is 7. The third-order valence-corrected chi connectivity index (χ3v) is 6.23. The summed E-state index contributed by atoms with van der Waals surface area (Å²) < 4.78 is 11.6. The summed E-state index contributed by atoms with van der Waals surface area (Å²) >= 11 is 1.23. The molecular formula is C25H23N3O4S. The normalized spacial score (nSPS) is 14.7. The predicted octanol–water partition coefficient (Wildman–Crippen LogP) is 3.87. The number of methoxy groups -OCH3 is 1. The van der Waals surface area contributed by atoms with Gasteiger partial charge in [-0.2, -0.15) is 0 Å². The Morgan fingerprint density at radius 1 is 1.21 bits per heavy atom.